The maximum absolute atomic E-state index is 12.9. The molecule has 0 aliphatic carbocycles. The zero-order valence-electron chi connectivity index (χ0n) is 19.4. The summed E-state index contributed by atoms with van der Waals surface area (Å²) in [7, 11) is 1.70. The van der Waals surface area contributed by atoms with Gasteiger partial charge in [-0.3, -0.25) is 19.3 Å². The first kappa shape index (κ1) is 23.9. The predicted octanol–water partition coefficient (Wildman–Crippen LogP) is 4.35. The summed E-state index contributed by atoms with van der Waals surface area (Å²) in [6, 6.07) is 19.9. The predicted molar refractivity (Wildman–Crippen MR) is 132 cm³/mol. The molecular formula is C27H29N3O3. The third-order valence-corrected chi connectivity index (χ3v) is 5.25. The number of nitrogens with one attached hydrogen (secondary N) is 2. The number of aryl methyl sites for hydroxylation is 3. The molecule has 0 spiro atoms. The van der Waals surface area contributed by atoms with Crippen molar-refractivity contribution in [3.05, 3.63) is 94.5 Å². The number of likely N-dealkylation sites (N-methyl/N-ethyl adjacent to an activating group) is 1. The van der Waals surface area contributed by atoms with E-state index in [9.17, 15) is 14.4 Å². The van der Waals surface area contributed by atoms with E-state index < -0.39 is 0 Å². The summed E-state index contributed by atoms with van der Waals surface area (Å²) >= 11 is 0. The highest BCUT2D eigenvalue weighted by Crippen LogP contribution is 2.22. The molecular weight excluding hydrogens is 414 g/mol. The van der Waals surface area contributed by atoms with Crippen molar-refractivity contribution in [3.8, 4) is 0 Å². The molecule has 0 saturated carbocycles. The van der Waals surface area contributed by atoms with E-state index in [4.69, 9.17) is 0 Å². The van der Waals surface area contributed by atoms with Crippen LogP contribution in [0.1, 0.15) is 32.6 Å². The van der Waals surface area contributed by atoms with Crippen LogP contribution < -0.4 is 10.6 Å². The van der Waals surface area contributed by atoms with Gasteiger partial charge in [0.05, 0.1) is 18.8 Å². The number of hydrogen-bond acceptors (Lipinski definition) is 4. The van der Waals surface area contributed by atoms with Crippen LogP contribution in [0.4, 0.5) is 11.4 Å². The molecule has 6 nitrogen and oxygen atoms in total. The lowest BCUT2D eigenvalue weighted by Gasteiger charge is -2.18. The summed E-state index contributed by atoms with van der Waals surface area (Å²) in [5.41, 5.74) is 5.36. The van der Waals surface area contributed by atoms with Crippen molar-refractivity contribution in [1.82, 2.24) is 4.90 Å². The first-order valence-corrected chi connectivity index (χ1v) is 10.8. The number of nitrogens with zero attached hydrogens (tertiary/aromatic N) is 1. The number of rotatable bonds is 8. The van der Waals surface area contributed by atoms with Gasteiger partial charge in [-0.15, -0.1) is 0 Å². The Labute approximate surface area is 194 Å². The minimum atomic E-state index is -0.304. The summed E-state index contributed by atoms with van der Waals surface area (Å²) in [5, 5.41) is 5.75. The molecule has 6 heteroatoms. The van der Waals surface area contributed by atoms with Crippen molar-refractivity contribution < 1.29 is 14.4 Å². The molecule has 33 heavy (non-hydrogen) atoms. The number of carbonyl (C=O) groups is 3. The van der Waals surface area contributed by atoms with Gasteiger partial charge in [0.1, 0.15) is 0 Å². The summed E-state index contributed by atoms with van der Waals surface area (Å²) in [6.45, 7) is 6.00. The van der Waals surface area contributed by atoms with Gasteiger partial charge in [0.25, 0.3) is 0 Å². The third kappa shape index (κ3) is 6.37. The van der Waals surface area contributed by atoms with Crippen LogP contribution in [0.15, 0.2) is 66.7 Å². The second kappa shape index (κ2) is 10.7. The van der Waals surface area contributed by atoms with Gasteiger partial charge in [-0.25, -0.2) is 0 Å². The number of amides is 2. The standard InChI is InChI=1S/C27H29N3O3/c1-18-14-19(2)26(20(3)15-18)29-25(32)17-30(4)16-24(31)28-23-13-9-8-12-22(23)27(33)21-10-6-5-7-11-21/h5-15H,16-17H2,1-4H3,(H,28,31)(H,29,32). The molecule has 0 aliphatic rings. The minimum absolute atomic E-state index is 0.00709. The Morgan fingerprint density at radius 3 is 1.94 bits per heavy atom. The number of hydrogen-bond donors (Lipinski definition) is 2. The van der Waals surface area contributed by atoms with E-state index in [1.807, 2.05) is 39.0 Å². The van der Waals surface area contributed by atoms with Crippen molar-refractivity contribution in [2.24, 2.45) is 0 Å². The fourth-order valence-corrected chi connectivity index (χ4v) is 3.83. The lowest BCUT2D eigenvalue weighted by atomic mass is 10.0. The SMILES string of the molecule is Cc1cc(C)c(NC(=O)CN(C)CC(=O)Nc2ccccc2C(=O)c2ccccc2)c(C)c1. The van der Waals surface area contributed by atoms with Crippen LogP contribution >= 0.6 is 0 Å². The van der Waals surface area contributed by atoms with E-state index in [1.54, 1.807) is 60.5 Å². The quantitative estimate of drug-likeness (QED) is 0.508. The van der Waals surface area contributed by atoms with Crippen LogP contribution in [0.25, 0.3) is 0 Å². The molecule has 0 atom stereocenters. The largest absolute Gasteiger partial charge is 0.324 e. The van der Waals surface area contributed by atoms with Gasteiger partial charge >= 0.3 is 0 Å². The molecule has 0 saturated heterocycles. The first-order valence-electron chi connectivity index (χ1n) is 10.8. The molecule has 3 aromatic carbocycles. The van der Waals surface area contributed by atoms with Gasteiger partial charge in [-0.05, 0) is 51.1 Å². The molecule has 0 unspecified atom stereocenters. The molecule has 0 fully saturated rings. The zero-order valence-corrected chi connectivity index (χ0v) is 19.4. The van der Waals surface area contributed by atoms with E-state index in [0.717, 1.165) is 22.4 Å². The Hall–Kier alpha value is -3.77. The Balaban J connectivity index is 1.60. The van der Waals surface area contributed by atoms with E-state index >= 15 is 0 Å². The van der Waals surface area contributed by atoms with Gasteiger partial charge in [0.15, 0.2) is 5.78 Å². The highest BCUT2D eigenvalue weighted by atomic mass is 16.2. The summed E-state index contributed by atoms with van der Waals surface area (Å²) in [4.78, 5) is 39.6. The molecule has 0 heterocycles. The molecule has 3 aromatic rings. The monoisotopic (exact) mass is 443 g/mol. The fourth-order valence-electron chi connectivity index (χ4n) is 3.83. The number of para-hydroxylation sites is 1. The third-order valence-electron chi connectivity index (χ3n) is 5.25. The van der Waals surface area contributed by atoms with Crippen LogP contribution in [0, 0.1) is 20.8 Å². The summed E-state index contributed by atoms with van der Waals surface area (Å²) < 4.78 is 0. The first-order chi connectivity index (χ1) is 15.7. The number of ketones is 1. The Kier molecular flexibility index (Phi) is 7.74. The van der Waals surface area contributed by atoms with Crippen molar-refractivity contribution in [3.63, 3.8) is 0 Å². The Morgan fingerprint density at radius 1 is 0.758 bits per heavy atom. The lowest BCUT2D eigenvalue weighted by Crippen LogP contribution is -2.36. The minimum Gasteiger partial charge on any atom is -0.324 e. The molecule has 0 aromatic heterocycles. The summed E-state index contributed by atoms with van der Waals surface area (Å²) in [6.07, 6.45) is 0. The topological polar surface area (TPSA) is 78.5 Å². The fraction of sp³-hybridized carbons (Fsp3) is 0.222. The summed E-state index contributed by atoms with van der Waals surface area (Å²) in [5.74, 6) is -0.663. The molecule has 0 bridgehead atoms. The molecule has 0 radical (unpaired) electrons. The van der Waals surface area contributed by atoms with E-state index in [-0.39, 0.29) is 30.7 Å². The Morgan fingerprint density at radius 2 is 1.30 bits per heavy atom. The zero-order chi connectivity index (χ0) is 24.0. The number of benzene rings is 3. The average molecular weight is 444 g/mol. The maximum Gasteiger partial charge on any atom is 0.238 e. The van der Waals surface area contributed by atoms with Gasteiger partial charge in [-0.2, -0.15) is 0 Å². The van der Waals surface area contributed by atoms with Crippen molar-refractivity contribution >= 4 is 29.0 Å². The van der Waals surface area contributed by atoms with Crippen LogP contribution in [0.5, 0.6) is 0 Å². The van der Waals surface area contributed by atoms with Crippen LogP contribution in [0.3, 0.4) is 0 Å². The maximum atomic E-state index is 12.9. The highest BCUT2D eigenvalue weighted by molar-refractivity contribution is 6.13. The van der Waals surface area contributed by atoms with Crippen LogP contribution in [0.2, 0.25) is 0 Å². The Bertz CT molecular complexity index is 1150. The molecule has 2 N–H and O–H groups in total. The van der Waals surface area contributed by atoms with Crippen LogP contribution in [-0.2, 0) is 9.59 Å². The second-order valence-electron chi connectivity index (χ2n) is 8.28. The molecule has 3 rings (SSSR count). The van der Waals surface area contributed by atoms with Crippen molar-refractivity contribution in [1.29, 1.82) is 0 Å². The van der Waals surface area contributed by atoms with Gasteiger partial charge in [0, 0.05) is 16.8 Å². The highest BCUT2D eigenvalue weighted by Gasteiger charge is 2.17. The molecule has 2 amide bonds. The molecule has 0 aliphatic heterocycles. The van der Waals surface area contributed by atoms with Crippen molar-refractivity contribution in [2.45, 2.75) is 20.8 Å². The van der Waals surface area contributed by atoms with Gasteiger partial charge in [0.2, 0.25) is 11.8 Å². The van der Waals surface area contributed by atoms with Crippen molar-refractivity contribution in [2.75, 3.05) is 30.8 Å². The van der Waals surface area contributed by atoms with Crippen LogP contribution in [-0.4, -0.2) is 42.6 Å². The van der Waals surface area contributed by atoms with E-state index in [1.165, 1.54) is 0 Å². The van der Waals surface area contributed by atoms with Gasteiger partial charge < -0.3 is 10.6 Å². The smallest absolute Gasteiger partial charge is 0.238 e. The van der Waals surface area contributed by atoms with E-state index in [2.05, 4.69) is 10.6 Å². The average Bonchev–Trinajstić information content (AvgIpc) is 2.76. The normalized spacial score (nSPS) is 10.7. The van der Waals surface area contributed by atoms with E-state index in [0.29, 0.717) is 16.8 Å². The number of anilines is 2. The number of carbonyl (C=O) groups excluding carboxylic acids is 3. The second-order valence-corrected chi connectivity index (χ2v) is 8.28. The van der Waals surface area contributed by atoms with Gasteiger partial charge in [-0.1, -0.05) is 60.2 Å². The molecule has 170 valence electrons. The lowest BCUT2D eigenvalue weighted by molar-refractivity contribution is -0.119.